The fraction of sp³-hybridized carbons (Fsp3) is 0.477. The Bertz CT molecular complexity index is 1920. The van der Waals surface area contributed by atoms with Crippen molar-refractivity contribution in [3.8, 4) is 0 Å². The summed E-state index contributed by atoms with van der Waals surface area (Å²) in [5, 5.41) is 26.8. The van der Waals surface area contributed by atoms with Crippen molar-refractivity contribution in [3.63, 3.8) is 0 Å². The summed E-state index contributed by atoms with van der Waals surface area (Å²) >= 11 is 6.29. The number of rotatable bonds is 28. The summed E-state index contributed by atoms with van der Waals surface area (Å²) in [6.07, 6.45) is 2.50. The molecule has 5 atom stereocenters. The van der Waals surface area contributed by atoms with E-state index >= 15 is 0 Å². The number of hydrogen-bond acceptors (Lipinski definition) is 12. The molecule has 0 aliphatic rings. The van der Waals surface area contributed by atoms with Crippen LogP contribution in [-0.4, -0.2) is 93.6 Å². The van der Waals surface area contributed by atoms with E-state index in [1.807, 2.05) is 61.5 Å². The average molecular weight is 919 g/mol. The zero-order valence-electron chi connectivity index (χ0n) is 35.2. The van der Waals surface area contributed by atoms with Crippen LogP contribution in [0, 0.1) is 18.8 Å². The van der Waals surface area contributed by atoms with E-state index in [9.17, 15) is 38.2 Å². The number of Topliss-reactive ketones (excluding diaryl/α,β-unsaturated/α-hetero) is 2. The Morgan fingerprint density at radius 3 is 2.21 bits per heavy atom. The molecule has 0 saturated heterocycles. The average Bonchev–Trinajstić information content (AvgIpc) is 3.21. The van der Waals surface area contributed by atoms with Crippen molar-refractivity contribution in [2.24, 2.45) is 23.3 Å². The number of carboxylic acids is 2. The smallest absolute Gasteiger partial charge is 0.320 e. The van der Waals surface area contributed by atoms with Crippen LogP contribution in [0.3, 0.4) is 0 Å². The number of carbonyl (C=O) groups is 6. The van der Waals surface area contributed by atoms with Crippen molar-refractivity contribution in [1.29, 1.82) is 0 Å². The lowest BCUT2D eigenvalue weighted by Crippen LogP contribution is -2.40. The first-order valence-electron chi connectivity index (χ1n) is 20.2. The van der Waals surface area contributed by atoms with Crippen molar-refractivity contribution in [2.45, 2.75) is 91.3 Å². The summed E-state index contributed by atoms with van der Waals surface area (Å²) in [6, 6.07) is 18.8. The van der Waals surface area contributed by atoms with Crippen molar-refractivity contribution >= 4 is 60.1 Å². The normalized spacial score (nSPS) is 13.6. The second-order valence-electron chi connectivity index (χ2n) is 14.9. The maximum absolute atomic E-state index is 13.6. The third-order valence-corrected chi connectivity index (χ3v) is 11.6. The molecule has 0 saturated carbocycles. The van der Waals surface area contributed by atoms with E-state index in [0.717, 1.165) is 23.4 Å². The number of aromatic nitrogens is 1. The molecule has 0 spiro atoms. The molecule has 63 heavy (non-hydrogen) atoms. The number of hydrogen-bond donors (Lipinski definition) is 8. The van der Waals surface area contributed by atoms with E-state index in [4.69, 9.17) is 38.0 Å². The van der Waals surface area contributed by atoms with Gasteiger partial charge in [-0.1, -0.05) is 61.5 Å². The van der Waals surface area contributed by atoms with Crippen LogP contribution in [0.4, 0.5) is 5.82 Å². The van der Waals surface area contributed by atoms with Gasteiger partial charge in [-0.3, -0.25) is 28.5 Å². The minimum absolute atomic E-state index is 0. The zero-order valence-corrected chi connectivity index (χ0v) is 36.8. The Balaban J connectivity index is 0.000000799. The largest absolute Gasteiger partial charge is 0.481 e. The number of benzene rings is 2. The van der Waals surface area contributed by atoms with Gasteiger partial charge in [0.25, 0.3) is 0 Å². The molecule has 5 unspecified atom stereocenters. The number of carbonyl (C=O) groups excluding carboxylic acids is 4. The topological polar surface area (TPSA) is 290 Å². The number of aliphatic carboxylic acids is 2. The Hall–Kier alpha value is -5.03. The first-order chi connectivity index (χ1) is 29.4. The molecule has 0 radical (unpaired) electrons. The Morgan fingerprint density at radius 2 is 1.60 bits per heavy atom. The summed E-state index contributed by atoms with van der Waals surface area (Å²) in [7, 11) is -3.79. The number of aryl methyl sites for hydroxylation is 1. The van der Waals surface area contributed by atoms with E-state index < -0.39 is 49.4 Å². The van der Waals surface area contributed by atoms with Crippen LogP contribution in [0.2, 0.25) is 5.02 Å². The fourth-order valence-corrected chi connectivity index (χ4v) is 8.27. The van der Waals surface area contributed by atoms with Gasteiger partial charge in [0.15, 0.2) is 0 Å². The molecule has 3 aromatic rings. The van der Waals surface area contributed by atoms with E-state index in [1.54, 1.807) is 18.3 Å². The number of pyridine rings is 1. The SMILES string of the molecule is C.CC(=O)CCC(CP(=O)(O)CCC(N)C(=O)O)C(=O)O.Cc1cc(Cl)cc(C(CC(=O)NCN)NC(=O)C(COCc2ccccc2)CC(=O)CCCCNc2ccccn2)c1. The second kappa shape index (κ2) is 30.1. The van der Waals surface area contributed by atoms with Gasteiger partial charge in [-0.2, -0.15) is 0 Å². The summed E-state index contributed by atoms with van der Waals surface area (Å²) in [6.45, 7) is 4.25. The van der Waals surface area contributed by atoms with Crippen molar-refractivity contribution in [1.82, 2.24) is 15.6 Å². The maximum Gasteiger partial charge on any atom is 0.320 e. The molecule has 0 aliphatic carbocycles. The van der Waals surface area contributed by atoms with Crippen LogP contribution in [0.1, 0.15) is 88.4 Å². The number of nitrogens with zero attached hydrogens (tertiary/aromatic N) is 1. The van der Waals surface area contributed by atoms with Gasteiger partial charge in [-0.15, -0.1) is 0 Å². The van der Waals surface area contributed by atoms with Gasteiger partial charge in [0.1, 0.15) is 23.4 Å². The predicted molar refractivity (Wildman–Crippen MR) is 242 cm³/mol. The molecule has 17 nitrogen and oxygen atoms in total. The number of amides is 2. The number of anilines is 1. The lowest BCUT2D eigenvalue weighted by molar-refractivity contribution is -0.141. The summed E-state index contributed by atoms with van der Waals surface area (Å²) < 4.78 is 17.8. The summed E-state index contributed by atoms with van der Waals surface area (Å²) in [4.78, 5) is 85.2. The summed E-state index contributed by atoms with van der Waals surface area (Å²) in [5.74, 6) is -4.46. The van der Waals surface area contributed by atoms with Crippen molar-refractivity contribution in [3.05, 3.63) is 94.6 Å². The minimum Gasteiger partial charge on any atom is -0.481 e. The minimum atomic E-state index is -3.79. The Labute approximate surface area is 374 Å². The van der Waals surface area contributed by atoms with Gasteiger partial charge in [0, 0.05) is 49.4 Å². The number of unbranched alkanes of at least 4 members (excludes halogenated alkanes) is 1. The van der Waals surface area contributed by atoms with E-state index in [-0.39, 0.29) is 82.3 Å². The van der Waals surface area contributed by atoms with Crippen LogP contribution < -0.4 is 27.4 Å². The van der Waals surface area contributed by atoms with Gasteiger partial charge >= 0.3 is 11.9 Å². The molecule has 2 aromatic carbocycles. The molecule has 2 amide bonds. The number of ketones is 2. The molecule has 19 heteroatoms. The Kier molecular flexibility index (Phi) is 26.8. The van der Waals surface area contributed by atoms with Gasteiger partial charge in [-0.25, -0.2) is 4.98 Å². The standard InChI is InChI=1S/C32H40ClN5O4.C11H20NO7P.CH4/c1-23-15-25(17-27(33)16-23)29(19-31(40)37-22-34)38-32(41)26(21-42-20-24-9-3-2-4-10-24)18-28(39)11-5-7-13-35-30-12-6-8-14-36-30;1-7(13)2-3-8(10(14)15)6-20(18,19)5-4-9(12)11(16)17;/h2-4,6,8-10,12,14-17,26,29H,5,7,11,13,18-22,34H2,1H3,(H,35,36)(H,37,40)(H,38,41);8-9H,2-6,12H2,1H3,(H,14,15)(H,16,17)(H,18,19);1H4. The molecule has 348 valence electrons. The monoisotopic (exact) mass is 918 g/mol. The third-order valence-electron chi connectivity index (χ3n) is 9.41. The highest BCUT2D eigenvalue weighted by molar-refractivity contribution is 7.58. The maximum atomic E-state index is 13.6. The van der Waals surface area contributed by atoms with Crippen LogP contribution in [-0.2, 0) is 44.7 Å². The highest BCUT2D eigenvalue weighted by Gasteiger charge is 2.30. The fourth-order valence-electron chi connectivity index (χ4n) is 6.08. The number of ether oxygens (including phenoxy) is 1. The van der Waals surface area contributed by atoms with Crippen LogP contribution in [0.15, 0.2) is 72.9 Å². The van der Waals surface area contributed by atoms with Crippen LogP contribution in [0.25, 0.3) is 0 Å². The molecule has 0 aliphatic heterocycles. The molecular weight excluding hydrogens is 855 g/mol. The van der Waals surface area contributed by atoms with Crippen molar-refractivity contribution < 1.29 is 53.2 Å². The van der Waals surface area contributed by atoms with Gasteiger partial charge in [0.2, 0.25) is 19.2 Å². The first-order valence-corrected chi connectivity index (χ1v) is 22.6. The lowest BCUT2D eigenvalue weighted by atomic mass is 9.96. The molecule has 0 bridgehead atoms. The first kappa shape index (κ1) is 56.0. The molecule has 1 aromatic heterocycles. The van der Waals surface area contributed by atoms with Crippen molar-refractivity contribution in [2.75, 3.05) is 37.5 Å². The van der Waals surface area contributed by atoms with Crippen LogP contribution in [0.5, 0.6) is 0 Å². The molecule has 0 fully saturated rings. The molecule has 10 N–H and O–H groups in total. The number of halogens is 1. The van der Waals surface area contributed by atoms with E-state index in [2.05, 4.69) is 20.9 Å². The number of nitrogens with two attached hydrogens (primary N) is 2. The summed E-state index contributed by atoms with van der Waals surface area (Å²) in [5.41, 5.74) is 13.3. The van der Waals surface area contributed by atoms with Crippen LogP contribution >= 0.6 is 19.0 Å². The third kappa shape index (κ3) is 24.4. The molecular formula is C44H64ClN6O11P. The second-order valence-corrected chi connectivity index (χ2v) is 17.9. The number of carboxylic acid groups (broad SMARTS) is 2. The Morgan fingerprint density at radius 1 is 0.905 bits per heavy atom. The molecule has 3 rings (SSSR count). The molecule has 1 heterocycles. The lowest BCUT2D eigenvalue weighted by Gasteiger charge is -2.23. The van der Waals surface area contributed by atoms with E-state index in [1.165, 1.54) is 6.92 Å². The van der Waals surface area contributed by atoms with Gasteiger partial charge in [0.05, 0.1) is 44.2 Å². The van der Waals surface area contributed by atoms with Gasteiger partial charge < -0.3 is 52.1 Å². The zero-order chi connectivity index (χ0) is 46.1. The highest BCUT2D eigenvalue weighted by atomic mass is 35.5. The quantitative estimate of drug-likeness (QED) is 0.0255. The van der Waals surface area contributed by atoms with Gasteiger partial charge in [-0.05, 0) is 80.5 Å². The number of nitrogens with one attached hydrogen (secondary N) is 3. The van der Waals surface area contributed by atoms with E-state index in [0.29, 0.717) is 36.6 Å². The highest BCUT2D eigenvalue weighted by Crippen LogP contribution is 2.44. The predicted octanol–water partition coefficient (Wildman–Crippen LogP) is 5.46.